The second-order valence-corrected chi connectivity index (χ2v) is 6.17. The predicted octanol–water partition coefficient (Wildman–Crippen LogP) is 2.26. The van der Waals surface area contributed by atoms with Gasteiger partial charge >= 0.3 is 0 Å². The Kier molecular flexibility index (Phi) is 5.65. The minimum Gasteiger partial charge on any atom is -0.368 e. The van der Waals surface area contributed by atoms with E-state index in [4.69, 9.17) is 17.3 Å². The average molecular weight is 313 g/mol. The molecule has 1 saturated heterocycles. The number of hydrogen-bond acceptors (Lipinski definition) is 4. The van der Waals surface area contributed by atoms with Gasteiger partial charge in [0.15, 0.2) is 0 Å². The maximum atomic E-state index is 12.3. The molecule has 1 fully saturated rings. The van der Waals surface area contributed by atoms with Crippen LogP contribution in [-0.2, 0) is 6.54 Å². The highest BCUT2D eigenvalue weighted by atomic mass is 35.5. The lowest BCUT2D eigenvalue weighted by Gasteiger charge is -2.38. The fourth-order valence-corrected chi connectivity index (χ4v) is 3.11. The van der Waals surface area contributed by atoms with Gasteiger partial charge in [-0.05, 0) is 18.8 Å². The number of nitrogens with two attached hydrogens (primary N) is 1. The maximum Gasteiger partial charge on any atom is 0.287 e. The molecule has 1 aromatic rings. The summed E-state index contributed by atoms with van der Waals surface area (Å²) < 4.78 is 1.46. The molecule has 1 aromatic heterocycles. The molecule has 1 aliphatic rings. The summed E-state index contributed by atoms with van der Waals surface area (Å²) in [5.41, 5.74) is 6.70. The van der Waals surface area contributed by atoms with Crippen LogP contribution in [0.15, 0.2) is 11.0 Å². The van der Waals surface area contributed by atoms with Crippen molar-refractivity contribution >= 4 is 17.3 Å². The zero-order valence-corrected chi connectivity index (χ0v) is 13.6. The summed E-state index contributed by atoms with van der Waals surface area (Å²) in [5.74, 6) is 0.442. The molecule has 21 heavy (non-hydrogen) atoms. The lowest BCUT2D eigenvalue weighted by Crippen LogP contribution is -2.47. The van der Waals surface area contributed by atoms with Gasteiger partial charge in [-0.1, -0.05) is 38.3 Å². The van der Waals surface area contributed by atoms with Crippen LogP contribution in [-0.4, -0.2) is 28.9 Å². The summed E-state index contributed by atoms with van der Waals surface area (Å²) in [6.45, 7) is 6.53. The molecule has 5 nitrogen and oxygen atoms in total. The molecular weight excluding hydrogens is 288 g/mol. The van der Waals surface area contributed by atoms with E-state index in [-0.39, 0.29) is 16.6 Å². The third-order valence-corrected chi connectivity index (χ3v) is 4.70. The summed E-state index contributed by atoms with van der Waals surface area (Å²) in [6.07, 6.45) is 5.64. The second kappa shape index (κ2) is 7.27. The van der Waals surface area contributed by atoms with Crippen LogP contribution in [0.3, 0.4) is 0 Å². The van der Waals surface area contributed by atoms with E-state index in [0.29, 0.717) is 12.5 Å². The van der Waals surface area contributed by atoms with Crippen LogP contribution in [0.25, 0.3) is 0 Å². The minimum absolute atomic E-state index is 0.189. The molecule has 2 N–H and O–H groups in total. The summed E-state index contributed by atoms with van der Waals surface area (Å²) in [7, 11) is 0. The van der Waals surface area contributed by atoms with Gasteiger partial charge in [0.05, 0.1) is 11.9 Å². The summed E-state index contributed by atoms with van der Waals surface area (Å²) >= 11 is 6.29. The Hall–Kier alpha value is -1.07. The monoisotopic (exact) mass is 312 g/mol. The number of piperidine rings is 1. The van der Waals surface area contributed by atoms with Crippen molar-refractivity contribution < 1.29 is 0 Å². The lowest BCUT2D eigenvalue weighted by atomic mass is 9.90. The van der Waals surface area contributed by atoms with Gasteiger partial charge in [0.25, 0.3) is 5.56 Å². The summed E-state index contributed by atoms with van der Waals surface area (Å²) in [5, 5.41) is 4.55. The number of hydrogen-bond donors (Lipinski definition) is 1. The van der Waals surface area contributed by atoms with Crippen molar-refractivity contribution in [3.8, 4) is 0 Å². The van der Waals surface area contributed by atoms with Crippen molar-refractivity contribution in [3.05, 3.63) is 21.6 Å². The van der Waals surface area contributed by atoms with Crippen LogP contribution in [0.2, 0.25) is 5.02 Å². The molecule has 2 rings (SSSR count). The van der Waals surface area contributed by atoms with Gasteiger partial charge in [0.1, 0.15) is 5.02 Å². The minimum atomic E-state index is -0.189. The van der Waals surface area contributed by atoms with Crippen LogP contribution in [0.5, 0.6) is 0 Å². The number of unbranched alkanes of at least 4 members (excludes halogenated alkanes) is 1. The first-order valence-electron chi connectivity index (χ1n) is 7.84. The van der Waals surface area contributed by atoms with Gasteiger partial charge in [-0.2, -0.15) is 5.10 Å². The highest BCUT2D eigenvalue weighted by Crippen LogP contribution is 2.27. The highest BCUT2D eigenvalue weighted by molar-refractivity contribution is 6.33. The second-order valence-electron chi connectivity index (χ2n) is 5.79. The predicted molar refractivity (Wildman–Crippen MR) is 87.0 cm³/mol. The molecule has 0 radical (unpaired) electrons. The largest absolute Gasteiger partial charge is 0.368 e. The highest BCUT2D eigenvalue weighted by Gasteiger charge is 2.27. The summed E-state index contributed by atoms with van der Waals surface area (Å²) in [6, 6.07) is 0.239. The molecule has 0 aromatic carbocycles. The van der Waals surface area contributed by atoms with Crippen molar-refractivity contribution in [3.63, 3.8) is 0 Å². The van der Waals surface area contributed by atoms with Crippen molar-refractivity contribution in [2.45, 2.75) is 52.1 Å². The molecule has 118 valence electrons. The topological polar surface area (TPSA) is 64.2 Å². The van der Waals surface area contributed by atoms with E-state index in [1.54, 1.807) is 6.20 Å². The van der Waals surface area contributed by atoms with Crippen molar-refractivity contribution in [2.24, 2.45) is 11.7 Å². The van der Waals surface area contributed by atoms with Crippen LogP contribution in [0.1, 0.15) is 39.5 Å². The lowest BCUT2D eigenvalue weighted by molar-refractivity contribution is 0.347. The molecule has 2 atom stereocenters. The molecule has 6 heteroatoms. The Balaban J connectivity index is 2.21. The number of aromatic nitrogens is 2. The molecule has 0 saturated carbocycles. The van der Waals surface area contributed by atoms with Crippen molar-refractivity contribution in [2.75, 3.05) is 18.0 Å². The SMILES string of the molecule is CCCCn1ncc(N2CCC(N)C(CC)C2)c(Cl)c1=O. The molecule has 0 amide bonds. The summed E-state index contributed by atoms with van der Waals surface area (Å²) in [4.78, 5) is 14.4. The Morgan fingerprint density at radius 1 is 1.48 bits per heavy atom. The van der Waals surface area contributed by atoms with Gasteiger partial charge in [-0.15, -0.1) is 0 Å². The van der Waals surface area contributed by atoms with E-state index in [1.807, 2.05) is 0 Å². The van der Waals surface area contributed by atoms with Crippen LogP contribution >= 0.6 is 11.6 Å². The number of aryl methyl sites for hydroxylation is 1. The van der Waals surface area contributed by atoms with E-state index < -0.39 is 0 Å². The molecule has 1 aliphatic heterocycles. The van der Waals surface area contributed by atoms with Gasteiger partial charge in [0.2, 0.25) is 0 Å². The van der Waals surface area contributed by atoms with E-state index in [2.05, 4.69) is 23.8 Å². The molecule has 0 aliphatic carbocycles. The molecule has 2 unspecified atom stereocenters. The van der Waals surface area contributed by atoms with Gasteiger partial charge in [-0.25, -0.2) is 4.68 Å². The van der Waals surface area contributed by atoms with Crippen molar-refractivity contribution in [1.82, 2.24) is 9.78 Å². The number of anilines is 1. The molecule has 0 bridgehead atoms. The smallest absolute Gasteiger partial charge is 0.287 e. The zero-order chi connectivity index (χ0) is 15.4. The van der Waals surface area contributed by atoms with Gasteiger partial charge in [0, 0.05) is 25.7 Å². The van der Waals surface area contributed by atoms with E-state index in [1.165, 1.54) is 4.68 Å². The quantitative estimate of drug-likeness (QED) is 0.906. The first-order valence-corrected chi connectivity index (χ1v) is 8.22. The molecule has 2 heterocycles. The van der Waals surface area contributed by atoms with Crippen LogP contribution in [0.4, 0.5) is 5.69 Å². The Bertz CT molecular complexity index is 531. The standard InChI is InChI=1S/C15H25ClN4O/c1-3-5-7-20-15(21)14(16)13(9-18-20)19-8-6-12(17)11(4-2)10-19/h9,11-12H,3-8,10,17H2,1-2H3. The zero-order valence-electron chi connectivity index (χ0n) is 12.9. The van der Waals surface area contributed by atoms with Gasteiger partial charge < -0.3 is 10.6 Å². The third-order valence-electron chi connectivity index (χ3n) is 4.35. The number of rotatable bonds is 5. The third kappa shape index (κ3) is 3.58. The Morgan fingerprint density at radius 2 is 2.24 bits per heavy atom. The molecular formula is C15H25ClN4O. The number of nitrogens with zero attached hydrogens (tertiary/aromatic N) is 3. The fraction of sp³-hybridized carbons (Fsp3) is 0.733. The van der Waals surface area contributed by atoms with Gasteiger partial charge in [-0.3, -0.25) is 4.79 Å². The Morgan fingerprint density at radius 3 is 2.90 bits per heavy atom. The van der Waals surface area contributed by atoms with E-state index in [0.717, 1.165) is 44.5 Å². The number of halogens is 1. The maximum absolute atomic E-state index is 12.3. The van der Waals surface area contributed by atoms with E-state index in [9.17, 15) is 4.79 Å². The van der Waals surface area contributed by atoms with Crippen LogP contribution < -0.4 is 16.2 Å². The van der Waals surface area contributed by atoms with Crippen molar-refractivity contribution in [1.29, 1.82) is 0 Å². The average Bonchev–Trinajstić information content (AvgIpc) is 2.49. The van der Waals surface area contributed by atoms with E-state index >= 15 is 0 Å². The first-order chi connectivity index (χ1) is 10.1. The fourth-order valence-electron chi connectivity index (χ4n) is 2.85. The first kappa shape index (κ1) is 16.3. The Labute approximate surface area is 131 Å². The van der Waals surface area contributed by atoms with Crippen LogP contribution in [0, 0.1) is 5.92 Å². The normalized spacial score (nSPS) is 22.6. The molecule has 0 spiro atoms.